The summed E-state index contributed by atoms with van der Waals surface area (Å²) in [5, 5.41) is 8.78. The van der Waals surface area contributed by atoms with Crippen LogP contribution in [0.5, 0.6) is 0 Å². The number of rotatable bonds is 4. The Kier molecular flexibility index (Phi) is 2.43. The summed E-state index contributed by atoms with van der Waals surface area (Å²) >= 11 is 0. The molecule has 1 N–H and O–H groups in total. The van der Waals surface area contributed by atoms with Gasteiger partial charge in [0.1, 0.15) is 0 Å². The molecule has 1 aromatic rings. The fourth-order valence-corrected chi connectivity index (χ4v) is 0.841. The van der Waals surface area contributed by atoms with Crippen LogP contribution in [0.3, 0.4) is 0 Å². The molecule has 0 aliphatic rings. The molecule has 0 amide bonds. The summed E-state index contributed by atoms with van der Waals surface area (Å²) in [6.07, 6.45) is 2.77. The number of ketones is 1. The predicted octanol–water partition coefficient (Wildman–Crippen LogP) is 1.04. The fourth-order valence-electron chi connectivity index (χ4n) is 0.841. The second-order valence-electron chi connectivity index (χ2n) is 2.32. The van der Waals surface area contributed by atoms with Crippen LogP contribution in [-0.4, -0.2) is 22.4 Å². The highest BCUT2D eigenvalue weighted by atomic mass is 16.3. The van der Waals surface area contributed by atoms with Gasteiger partial charge in [0.15, 0.2) is 5.78 Å². The lowest BCUT2D eigenvalue weighted by Gasteiger charge is -1.97. The number of nitrogens with zero attached hydrogens (tertiary/aromatic N) is 1. The number of carbonyl (C=O) groups is 1. The summed E-state index contributed by atoms with van der Waals surface area (Å²) < 4.78 is 13.7. The zero-order valence-corrected chi connectivity index (χ0v) is 6.53. The van der Waals surface area contributed by atoms with Gasteiger partial charge < -0.3 is 5.11 Å². The van der Waals surface area contributed by atoms with Crippen LogP contribution in [0.15, 0.2) is 24.5 Å². The van der Waals surface area contributed by atoms with Crippen molar-refractivity contribution >= 4 is 5.78 Å². The average Bonchev–Trinajstić information content (AvgIpc) is 2.14. The second-order valence-corrected chi connectivity index (χ2v) is 2.32. The van der Waals surface area contributed by atoms with Gasteiger partial charge in [-0.15, -0.1) is 0 Å². The van der Waals surface area contributed by atoms with E-state index in [4.69, 9.17) is 7.85 Å². The summed E-state index contributed by atoms with van der Waals surface area (Å²) in [6.45, 7) is -2.28. The minimum Gasteiger partial charge on any atom is -0.396 e. The Morgan fingerprint density at radius 3 is 3.17 bits per heavy atom. The summed E-state index contributed by atoms with van der Waals surface area (Å²) in [7, 11) is 0. The highest BCUT2D eigenvalue weighted by molar-refractivity contribution is 5.95. The smallest absolute Gasteiger partial charge is 0.164 e. The van der Waals surface area contributed by atoms with Gasteiger partial charge in [-0.2, -0.15) is 0 Å². The molecule has 1 aromatic heterocycles. The molecule has 0 aliphatic carbocycles. The van der Waals surface area contributed by atoms with Crippen molar-refractivity contribution in [1.82, 2.24) is 4.98 Å². The molecule has 0 aromatic carbocycles. The molecule has 3 heteroatoms. The van der Waals surface area contributed by atoms with E-state index < -0.39 is 6.56 Å². The lowest BCUT2D eigenvalue weighted by molar-refractivity contribution is 0.0971. The van der Waals surface area contributed by atoms with Crippen LogP contribution >= 0.6 is 0 Å². The van der Waals surface area contributed by atoms with Crippen LogP contribution in [0.2, 0.25) is 0 Å². The molecule has 0 unspecified atom stereocenters. The van der Waals surface area contributed by atoms with Crippen molar-refractivity contribution in [3.05, 3.63) is 30.1 Å². The molecule has 12 heavy (non-hydrogen) atoms. The number of aliphatic hydroxyl groups is 1. The van der Waals surface area contributed by atoms with Crippen LogP contribution in [0, 0.1) is 0 Å². The van der Waals surface area contributed by atoms with E-state index >= 15 is 0 Å². The zero-order valence-electron chi connectivity index (χ0n) is 8.53. The van der Waals surface area contributed by atoms with Crippen molar-refractivity contribution in [1.29, 1.82) is 0 Å². The van der Waals surface area contributed by atoms with E-state index in [0.717, 1.165) is 0 Å². The Labute approximate surface area is 73.9 Å². The van der Waals surface area contributed by atoms with E-state index in [9.17, 15) is 4.79 Å². The first-order valence-electron chi connectivity index (χ1n) is 4.65. The maximum absolute atomic E-state index is 11.4. The lowest BCUT2D eigenvalue weighted by Crippen LogP contribution is -2.00. The molecule has 0 aliphatic heterocycles. The second kappa shape index (κ2) is 4.62. The van der Waals surface area contributed by atoms with E-state index in [0.29, 0.717) is 5.56 Å². The zero-order chi connectivity index (χ0) is 10.6. The molecule has 0 spiro atoms. The molecule has 0 saturated carbocycles. The van der Waals surface area contributed by atoms with E-state index in [1.165, 1.54) is 6.20 Å². The third kappa shape index (κ3) is 2.43. The highest BCUT2D eigenvalue weighted by Gasteiger charge is 2.03. The van der Waals surface area contributed by atoms with E-state index in [2.05, 4.69) is 4.98 Å². The van der Waals surface area contributed by atoms with Crippen molar-refractivity contribution < 1.29 is 12.6 Å². The lowest BCUT2D eigenvalue weighted by atomic mass is 10.1. The first-order chi connectivity index (χ1) is 6.49. The number of hydrogen-bond acceptors (Lipinski definition) is 3. The van der Waals surface area contributed by atoms with Crippen molar-refractivity contribution in [2.75, 3.05) is 6.56 Å². The Balaban J connectivity index is 2.52. The molecular formula is C9H11NO2. The summed E-state index contributed by atoms with van der Waals surface area (Å²) in [5.74, 6) is -0.212. The van der Waals surface area contributed by atoms with Gasteiger partial charge in [0.25, 0.3) is 0 Å². The number of aromatic nitrogens is 1. The number of pyridine rings is 1. The molecule has 3 nitrogen and oxygen atoms in total. The molecule has 0 fully saturated rings. The maximum Gasteiger partial charge on any atom is 0.164 e. The quantitative estimate of drug-likeness (QED) is 0.681. The van der Waals surface area contributed by atoms with Crippen molar-refractivity contribution in [2.45, 2.75) is 12.8 Å². The third-order valence-electron chi connectivity index (χ3n) is 1.45. The summed E-state index contributed by atoms with van der Waals surface area (Å²) in [5.41, 5.74) is 0.441. The molecule has 0 radical (unpaired) electrons. The van der Waals surface area contributed by atoms with Crippen molar-refractivity contribution in [2.24, 2.45) is 0 Å². The van der Waals surface area contributed by atoms with Gasteiger partial charge in [0.05, 0.1) is 2.74 Å². The van der Waals surface area contributed by atoms with Crippen molar-refractivity contribution in [3.8, 4) is 0 Å². The van der Waals surface area contributed by atoms with Crippen LogP contribution in [-0.2, 0) is 0 Å². The first-order valence-corrected chi connectivity index (χ1v) is 3.65. The van der Waals surface area contributed by atoms with Gasteiger partial charge in [-0.1, -0.05) is 0 Å². The normalized spacial score (nSPS) is 13.4. The predicted molar refractivity (Wildman–Crippen MR) is 44.9 cm³/mol. The van der Waals surface area contributed by atoms with Crippen LogP contribution in [0.4, 0.5) is 0 Å². The maximum atomic E-state index is 11.4. The molecule has 1 rings (SSSR count). The number of carbonyl (C=O) groups excluding carboxylic acids is 1. The van der Waals surface area contributed by atoms with Gasteiger partial charge in [-0.05, 0) is 18.6 Å². The largest absolute Gasteiger partial charge is 0.396 e. The van der Waals surface area contributed by atoms with Gasteiger partial charge >= 0.3 is 0 Å². The Morgan fingerprint density at radius 2 is 2.58 bits per heavy atom. The molecule has 0 atom stereocenters. The fraction of sp³-hybridized carbons (Fsp3) is 0.333. The molecule has 0 saturated heterocycles. The SMILES string of the molecule is [2H]C([2H])(O)CCC(=O)c1cccnc1. The summed E-state index contributed by atoms with van der Waals surface area (Å²) in [6, 6.07) is 3.25. The molecule has 1 heterocycles. The van der Waals surface area contributed by atoms with E-state index in [1.807, 2.05) is 0 Å². The first kappa shape index (κ1) is 6.31. The minimum absolute atomic E-state index is 0.0187. The Hall–Kier alpha value is -1.22. The molecule has 64 valence electrons. The summed E-state index contributed by atoms with van der Waals surface area (Å²) in [4.78, 5) is 15.1. The Bertz CT molecular complexity index is 308. The standard InChI is InChI=1S/C9H11NO2/c11-6-2-4-9(12)8-3-1-5-10-7-8/h1,3,5,7,11H,2,4,6H2/i6D2. The van der Waals surface area contributed by atoms with Crippen molar-refractivity contribution in [3.63, 3.8) is 0 Å². The Morgan fingerprint density at radius 1 is 1.75 bits per heavy atom. The van der Waals surface area contributed by atoms with Crippen LogP contribution in [0.1, 0.15) is 25.9 Å². The highest BCUT2D eigenvalue weighted by Crippen LogP contribution is 2.02. The van der Waals surface area contributed by atoms with Crippen LogP contribution < -0.4 is 0 Å². The van der Waals surface area contributed by atoms with Gasteiger partial charge in [0, 0.05) is 30.9 Å². The van der Waals surface area contributed by atoms with Gasteiger partial charge in [0.2, 0.25) is 0 Å². The van der Waals surface area contributed by atoms with Gasteiger partial charge in [-0.25, -0.2) is 0 Å². The molecule has 0 bridgehead atoms. The average molecular weight is 167 g/mol. The van der Waals surface area contributed by atoms with Gasteiger partial charge in [-0.3, -0.25) is 9.78 Å². The monoisotopic (exact) mass is 167 g/mol. The number of hydrogen-bond donors (Lipinski definition) is 1. The molecular weight excluding hydrogens is 154 g/mol. The minimum atomic E-state index is -2.28. The van der Waals surface area contributed by atoms with E-state index in [1.54, 1.807) is 18.3 Å². The van der Waals surface area contributed by atoms with Crippen LogP contribution in [0.25, 0.3) is 0 Å². The topological polar surface area (TPSA) is 50.2 Å². The number of Topliss-reactive ketones (excluding diaryl/α,β-unsaturated/α-hetero) is 1. The van der Waals surface area contributed by atoms with E-state index in [-0.39, 0.29) is 18.6 Å². The third-order valence-corrected chi connectivity index (χ3v) is 1.45.